The zero-order chi connectivity index (χ0) is 8.55. The zero-order valence-corrected chi connectivity index (χ0v) is 6.56. The first-order valence-corrected chi connectivity index (χ1v) is 3.45. The van der Waals surface area contributed by atoms with E-state index in [1.807, 2.05) is 0 Å². The summed E-state index contributed by atoms with van der Waals surface area (Å²) in [6.07, 6.45) is 1.77. The van der Waals surface area contributed by atoms with Gasteiger partial charge in [-0.15, -0.1) is 5.10 Å². The number of methoxy groups -OCH3 is 1. The summed E-state index contributed by atoms with van der Waals surface area (Å²) in [4.78, 5) is 0. The van der Waals surface area contributed by atoms with Gasteiger partial charge in [-0.1, -0.05) is 5.10 Å². The minimum atomic E-state index is 0.463. The van der Waals surface area contributed by atoms with Crippen molar-refractivity contribution in [1.82, 2.24) is 14.6 Å². The van der Waals surface area contributed by atoms with Gasteiger partial charge in [-0.3, -0.25) is 4.40 Å². The third-order valence-electron chi connectivity index (χ3n) is 1.59. The lowest BCUT2D eigenvalue weighted by molar-refractivity contribution is 0.375. The number of hydrogen-bond donors (Lipinski definition) is 1. The predicted molar refractivity (Wildman–Crippen MR) is 44.0 cm³/mol. The fourth-order valence-electron chi connectivity index (χ4n) is 1.02. The summed E-state index contributed by atoms with van der Waals surface area (Å²) >= 11 is 0. The number of nitrogens with two attached hydrogens (primary N) is 1. The van der Waals surface area contributed by atoms with Crippen molar-refractivity contribution in [3.05, 3.63) is 18.3 Å². The molecule has 0 aliphatic carbocycles. The maximum absolute atomic E-state index is 5.55. The van der Waals surface area contributed by atoms with Gasteiger partial charge >= 0.3 is 6.01 Å². The maximum Gasteiger partial charge on any atom is 0.321 e. The third-order valence-corrected chi connectivity index (χ3v) is 1.59. The number of nitrogens with zero attached hydrogens (tertiary/aromatic N) is 3. The van der Waals surface area contributed by atoms with E-state index in [-0.39, 0.29) is 0 Å². The number of ether oxygens (including phenoxy) is 1. The number of pyridine rings is 1. The van der Waals surface area contributed by atoms with E-state index in [9.17, 15) is 0 Å². The molecule has 0 amide bonds. The Morgan fingerprint density at radius 1 is 1.50 bits per heavy atom. The average molecular weight is 164 g/mol. The highest BCUT2D eigenvalue weighted by Gasteiger charge is 2.03. The molecular formula is C7H8N4O. The monoisotopic (exact) mass is 164 g/mol. The molecule has 0 fully saturated rings. The van der Waals surface area contributed by atoms with Gasteiger partial charge in [0, 0.05) is 18.0 Å². The Bertz CT molecular complexity index is 409. The molecule has 5 nitrogen and oxygen atoms in total. The van der Waals surface area contributed by atoms with Crippen LogP contribution in [0.3, 0.4) is 0 Å². The quantitative estimate of drug-likeness (QED) is 0.659. The molecule has 5 heteroatoms. The number of rotatable bonds is 1. The van der Waals surface area contributed by atoms with E-state index < -0.39 is 0 Å². The van der Waals surface area contributed by atoms with Gasteiger partial charge in [-0.05, 0) is 6.07 Å². The van der Waals surface area contributed by atoms with Gasteiger partial charge < -0.3 is 10.5 Å². The molecule has 12 heavy (non-hydrogen) atoms. The van der Waals surface area contributed by atoms with Crippen molar-refractivity contribution in [2.45, 2.75) is 0 Å². The topological polar surface area (TPSA) is 65.4 Å². The minimum Gasteiger partial charge on any atom is -0.467 e. The van der Waals surface area contributed by atoms with E-state index in [0.29, 0.717) is 17.3 Å². The second-order valence-corrected chi connectivity index (χ2v) is 2.37. The Morgan fingerprint density at radius 3 is 3.08 bits per heavy atom. The number of anilines is 1. The molecule has 2 rings (SSSR count). The van der Waals surface area contributed by atoms with Crippen molar-refractivity contribution in [1.29, 1.82) is 0 Å². The molecule has 2 aromatic heterocycles. The lowest BCUT2D eigenvalue weighted by atomic mass is 10.4. The van der Waals surface area contributed by atoms with E-state index in [0.717, 1.165) is 0 Å². The largest absolute Gasteiger partial charge is 0.467 e. The molecule has 0 spiro atoms. The highest BCUT2D eigenvalue weighted by atomic mass is 16.5. The van der Waals surface area contributed by atoms with Crippen molar-refractivity contribution in [2.75, 3.05) is 12.8 Å². The average Bonchev–Trinajstić information content (AvgIpc) is 2.46. The molecule has 2 N–H and O–H groups in total. The van der Waals surface area contributed by atoms with Crippen LogP contribution >= 0.6 is 0 Å². The standard InChI is InChI=1S/C7H8N4O/c1-12-7-10-9-6-4-5(8)2-3-11(6)7/h2-4H,8H2,1H3. The van der Waals surface area contributed by atoms with Crippen molar-refractivity contribution < 1.29 is 4.74 Å². The first kappa shape index (κ1) is 6.90. The second kappa shape index (κ2) is 2.37. The summed E-state index contributed by atoms with van der Waals surface area (Å²) in [6.45, 7) is 0. The molecule has 0 bridgehead atoms. The molecule has 2 heterocycles. The van der Waals surface area contributed by atoms with Gasteiger partial charge in [-0.25, -0.2) is 0 Å². The summed E-state index contributed by atoms with van der Waals surface area (Å²) < 4.78 is 6.67. The van der Waals surface area contributed by atoms with E-state index in [1.165, 1.54) is 0 Å². The van der Waals surface area contributed by atoms with Crippen molar-refractivity contribution in [3.63, 3.8) is 0 Å². The second-order valence-electron chi connectivity index (χ2n) is 2.37. The fraction of sp³-hybridized carbons (Fsp3) is 0.143. The van der Waals surface area contributed by atoms with E-state index >= 15 is 0 Å². The molecule has 0 atom stereocenters. The van der Waals surface area contributed by atoms with Crippen LogP contribution in [-0.4, -0.2) is 21.7 Å². The Morgan fingerprint density at radius 2 is 2.33 bits per heavy atom. The van der Waals surface area contributed by atoms with Gasteiger partial charge in [0.05, 0.1) is 7.11 Å². The smallest absolute Gasteiger partial charge is 0.321 e. The first-order valence-electron chi connectivity index (χ1n) is 3.45. The van der Waals surface area contributed by atoms with Crippen molar-refractivity contribution in [3.8, 4) is 6.01 Å². The molecule has 0 radical (unpaired) electrons. The molecule has 0 aliphatic rings. The van der Waals surface area contributed by atoms with Crippen LogP contribution in [0.1, 0.15) is 0 Å². The predicted octanol–water partition coefficient (Wildman–Crippen LogP) is 0.320. The molecule has 62 valence electrons. The Labute approximate surface area is 68.8 Å². The summed E-state index contributed by atoms with van der Waals surface area (Å²) in [6, 6.07) is 3.96. The highest BCUT2D eigenvalue weighted by Crippen LogP contribution is 2.12. The van der Waals surface area contributed by atoms with Gasteiger partial charge in [0.15, 0.2) is 5.65 Å². The Balaban J connectivity index is 2.73. The van der Waals surface area contributed by atoms with Crippen LogP contribution in [0.25, 0.3) is 5.65 Å². The molecule has 0 aliphatic heterocycles. The number of aromatic nitrogens is 3. The normalized spacial score (nSPS) is 10.4. The highest BCUT2D eigenvalue weighted by molar-refractivity contribution is 5.51. The number of fused-ring (bicyclic) bond motifs is 1. The van der Waals surface area contributed by atoms with E-state index in [4.69, 9.17) is 10.5 Å². The van der Waals surface area contributed by atoms with Crippen molar-refractivity contribution >= 4 is 11.3 Å². The minimum absolute atomic E-state index is 0.463. The van der Waals surface area contributed by atoms with Crippen LogP contribution in [0.4, 0.5) is 5.69 Å². The summed E-state index contributed by atoms with van der Waals surface area (Å²) in [5, 5.41) is 7.65. The Kier molecular flexibility index (Phi) is 1.36. The molecular weight excluding hydrogens is 156 g/mol. The van der Waals surface area contributed by atoms with Crippen LogP contribution in [0, 0.1) is 0 Å². The first-order chi connectivity index (χ1) is 5.81. The molecule has 2 aromatic rings. The lowest BCUT2D eigenvalue weighted by Crippen LogP contribution is -1.92. The lowest BCUT2D eigenvalue weighted by Gasteiger charge is -1.96. The number of nitrogen functional groups attached to an aromatic ring is 1. The molecule has 0 saturated heterocycles. The molecule has 0 saturated carbocycles. The van der Waals surface area contributed by atoms with Crippen LogP contribution in [0.5, 0.6) is 6.01 Å². The summed E-state index contributed by atoms with van der Waals surface area (Å²) in [7, 11) is 1.55. The van der Waals surface area contributed by atoms with E-state index in [1.54, 1.807) is 29.8 Å². The van der Waals surface area contributed by atoms with E-state index in [2.05, 4.69) is 10.2 Å². The molecule has 0 aromatic carbocycles. The molecule has 0 unspecified atom stereocenters. The van der Waals surface area contributed by atoms with Crippen LogP contribution in [-0.2, 0) is 0 Å². The van der Waals surface area contributed by atoms with Crippen LogP contribution < -0.4 is 10.5 Å². The summed E-state index contributed by atoms with van der Waals surface area (Å²) in [5.74, 6) is 0. The van der Waals surface area contributed by atoms with Crippen LogP contribution in [0.15, 0.2) is 18.3 Å². The fourth-order valence-corrected chi connectivity index (χ4v) is 1.02. The maximum atomic E-state index is 5.55. The van der Waals surface area contributed by atoms with Gasteiger partial charge in [0.25, 0.3) is 0 Å². The zero-order valence-electron chi connectivity index (χ0n) is 6.56. The Hall–Kier alpha value is -1.78. The van der Waals surface area contributed by atoms with Gasteiger partial charge in [0.2, 0.25) is 0 Å². The summed E-state index contributed by atoms with van der Waals surface area (Å²) in [5.41, 5.74) is 6.90. The van der Waals surface area contributed by atoms with Gasteiger partial charge in [0.1, 0.15) is 0 Å². The van der Waals surface area contributed by atoms with Crippen molar-refractivity contribution in [2.24, 2.45) is 0 Å². The van der Waals surface area contributed by atoms with Crippen LogP contribution in [0.2, 0.25) is 0 Å². The number of hydrogen-bond acceptors (Lipinski definition) is 4. The third kappa shape index (κ3) is 0.868. The van der Waals surface area contributed by atoms with Gasteiger partial charge in [-0.2, -0.15) is 0 Å². The SMILES string of the molecule is COc1nnc2cc(N)ccn12.